The van der Waals surface area contributed by atoms with Gasteiger partial charge in [-0.05, 0) is 31.2 Å². The summed E-state index contributed by atoms with van der Waals surface area (Å²) in [6.45, 7) is 9.26. The Labute approximate surface area is 121 Å². The summed E-state index contributed by atoms with van der Waals surface area (Å²) in [6.07, 6.45) is -0.483. The normalized spacial score (nSPS) is 22.4. The van der Waals surface area contributed by atoms with Crippen molar-refractivity contribution in [3.63, 3.8) is 0 Å². The lowest BCUT2D eigenvalue weighted by Gasteiger charge is -2.40. The molecule has 1 aliphatic rings. The third kappa shape index (κ3) is 3.57. The molecule has 20 heavy (non-hydrogen) atoms. The Hall–Kier alpha value is -1.41. The maximum atomic E-state index is 10.3. The minimum Gasteiger partial charge on any atom is -0.387 e. The Morgan fingerprint density at radius 3 is 2.60 bits per heavy atom. The third-order valence-corrected chi connectivity index (χ3v) is 4.11. The lowest BCUT2D eigenvalue weighted by molar-refractivity contribution is 0.0478. The minimum atomic E-state index is -0.483. The van der Waals surface area contributed by atoms with Gasteiger partial charge in [0.2, 0.25) is 0 Å². The molecule has 2 rings (SSSR count). The van der Waals surface area contributed by atoms with E-state index in [-0.39, 0.29) is 0 Å². The van der Waals surface area contributed by atoms with Crippen molar-refractivity contribution in [2.75, 3.05) is 32.7 Å². The van der Waals surface area contributed by atoms with Crippen LogP contribution >= 0.6 is 0 Å². The topological polar surface area (TPSA) is 50.5 Å². The van der Waals surface area contributed by atoms with Gasteiger partial charge in [-0.25, -0.2) is 0 Å². The first-order valence-electron chi connectivity index (χ1n) is 7.28. The summed E-state index contributed by atoms with van der Waals surface area (Å²) in [5.74, 6) is 0. The summed E-state index contributed by atoms with van der Waals surface area (Å²) in [5.41, 5.74) is 1.51. The van der Waals surface area contributed by atoms with Gasteiger partial charge in [0.1, 0.15) is 0 Å². The van der Waals surface area contributed by atoms with Gasteiger partial charge < -0.3 is 5.11 Å². The quantitative estimate of drug-likeness (QED) is 0.905. The van der Waals surface area contributed by atoms with E-state index in [4.69, 9.17) is 5.26 Å². The SMILES string of the molecule is CCN1CCN(CC(O)c2ccc(C#N)cc2)CC1C. The summed E-state index contributed by atoms with van der Waals surface area (Å²) in [7, 11) is 0. The molecule has 0 saturated carbocycles. The highest BCUT2D eigenvalue weighted by Crippen LogP contribution is 2.17. The first-order chi connectivity index (χ1) is 9.63. The minimum absolute atomic E-state index is 0.483. The third-order valence-electron chi connectivity index (χ3n) is 4.11. The van der Waals surface area contributed by atoms with E-state index in [1.807, 2.05) is 12.1 Å². The van der Waals surface area contributed by atoms with Crippen molar-refractivity contribution in [1.82, 2.24) is 9.80 Å². The van der Waals surface area contributed by atoms with Gasteiger partial charge in [0.05, 0.1) is 17.7 Å². The van der Waals surface area contributed by atoms with Crippen LogP contribution in [0.5, 0.6) is 0 Å². The maximum absolute atomic E-state index is 10.3. The first kappa shape index (κ1) is 15.0. The van der Waals surface area contributed by atoms with E-state index in [1.165, 1.54) is 0 Å². The number of likely N-dealkylation sites (N-methyl/N-ethyl adjacent to an activating group) is 1. The molecule has 4 heteroatoms. The van der Waals surface area contributed by atoms with Crippen LogP contribution in [0.1, 0.15) is 31.1 Å². The molecular formula is C16H23N3O. The Morgan fingerprint density at radius 2 is 2.05 bits per heavy atom. The van der Waals surface area contributed by atoms with Crippen LogP contribution in [0, 0.1) is 11.3 Å². The van der Waals surface area contributed by atoms with E-state index in [0.29, 0.717) is 18.2 Å². The van der Waals surface area contributed by atoms with E-state index in [9.17, 15) is 5.11 Å². The van der Waals surface area contributed by atoms with Crippen molar-refractivity contribution in [2.24, 2.45) is 0 Å². The summed E-state index contributed by atoms with van der Waals surface area (Å²) in [6, 6.07) is 9.84. The van der Waals surface area contributed by atoms with Crippen LogP contribution in [0.2, 0.25) is 0 Å². The van der Waals surface area contributed by atoms with Gasteiger partial charge in [-0.2, -0.15) is 5.26 Å². The van der Waals surface area contributed by atoms with Gasteiger partial charge >= 0.3 is 0 Å². The average Bonchev–Trinajstić information content (AvgIpc) is 2.47. The van der Waals surface area contributed by atoms with Crippen LogP contribution in [0.3, 0.4) is 0 Å². The number of rotatable bonds is 4. The maximum Gasteiger partial charge on any atom is 0.0991 e. The van der Waals surface area contributed by atoms with Gasteiger partial charge in [0.25, 0.3) is 0 Å². The molecule has 0 spiro atoms. The van der Waals surface area contributed by atoms with Crippen LogP contribution in [0.4, 0.5) is 0 Å². The first-order valence-corrected chi connectivity index (χ1v) is 7.28. The van der Waals surface area contributed by atoms with E-state index in [1.54, 1.807) is 12.1 Å². The lowest BCUT2D eigenvalue weighted by Crippen LogP contribution is -2.52. The Kier molecular flexibility index (Phi) is 5.13. The number of hydrogen-bond acceptors (Lipinski definition) is 4. The standard InChI is InChI=1S/C16H23N3O/c1-3-19-9-8-18(11-13(19)2)12-16(20)15-6-4-14(10-17)5-7-15/h4-7,13,16,20H,3,8-9,11-12H2,1-2H3. The van der Waals surface area contributed by atoms with Crippen molar-refractivity contribution in [3.05, 3.63) is 35.4 Å². The van der Waals surface area contributed by atoms with E-state index >= 15 is 0 Å². The van der Waals surface area contributed by atoms with Crippen molar-refractivity contribution >= 4 is 0 Å². The van der Waals surface area contributed by atoms with Crippen LogP contribution in [0.25, 0.3) is 0 Å². The van der Waals surface area contributed by atoms with Gasteiger partial charge in [-0.3, -0.25) is 9.80 Å². The molecule has 0 aliphatic carbocycles. The van der Waals surface area contributed by atoms with Crippen LogP contribution in [-0.2, 0) is 0 Å². The molecule has 0 bridgehead atoms. The van der Waals surface area contributed by atoms with Gasteiger partial charge in [-0.1, -0.05) is 19.1 Å². The van der Waals surface area contributed by atoms with Crippen molar-refractivity contribution in [1.29, 1.82) is 5.26 Å². The largest absolute Gasteiger partial charge is 0.387 e. The van der Waals surface area contributed by atoms with Gasteiger partial charge in [0.15, 0.2) is 0 Å². The number of aliphatic hydroxyl groups excluding tert-OH is 1. The number of nitrogens with zero attached hydrogens (tertiary/aromatic N) is 3. The fraction of sp³-hybridized carbons (Fsp3) is 0.562. The fourth-order valence-electron chi connectivity index (χ4n) is 2.84. The zero-order valence-electron chi connectivity index (χ0n) is 12.3. The molecule has 1 fully saturated rings. The second-order valence-corrected chi connectivity index (χ2v) is 5.49. The molecule has 1 heterocycles. The van der Waals surface area contributed by atoms with Crippen molar-refractivity contribution in [3.8, 4) is 6.07 Å². The number of β-amino-alcohol motifs (C(OH)–C–C–N with tert-alkyl or cyclic N) is 1. The molecule has 2 unspecified atom stereocenters. The summed E-state index contributed by atoms with van der Waals surface area (Å²) >= 11 is 0. The van der Waals surface area contributed by atoms with Crippen LogP contribution < -0.4 is 0 Å². The number of piperazine rings is 1. The molecule has 1 aromatic rings. The molecule has 0 aromatic heterocycles. The van der Waals surface area contributed by atoms with Crippen LogP contribution in [-0.4, -0.2) is 53.7 Å². The number of aliphatic hydroxyl groups is 1. The molecule has 1 saturated heterocycles. The van der Waals surface area contributed by atoms with Gasteiger partial charge in [-0.15, -0.1) is 0 Å². The monoisotopic (exact) mass is 273 g/mol. The average molecular weight is 273 g/mol. The smallest absolute Gasteiger partial charge is 0.0991 e. The van der Waals surface area contributed by atoms with Crippen LogP contribution in [0.15, 0.2) is 24.3 Å². The predicted octanol–water partition coefficient (Wildman–Crippen LogP) is 1.62. The molecule has 2 atom stereocenters. The second-order valence-electron chi connectivity index (χ2n) is 5.49. The zero-order chi connectivity index (χ0) is 14.5. The van der Waals surface area contributed by atoms with Gasteiger partial charge in [0, 0.05) is 32.2 Å². The Morgan fingerprint density at radius 1 is 1.35 bits per heavy atom. The highest BCUT2D eigenvalue weighted by atomic mass is 16.3. The molecule has 0 radical (unpaired) electrons. The Bertz CT molecular complexity index is 466. The number of hydrogen-bond donors (Lipinski definition) is 1. The predicted molar refractivity (Wildman–Crippen MR) is 79.3 cm³/mol. The second kappa shape index (κ2) is 6.85. The summed E-state index contributed by atoms with van der Waals surface area (Å²) < 4.78 is 0. The molecule has 1 aliphatic heterocycles. The van der Waals surface area contributed by atoms with Crippen molar-refractivity contribution < 1.29 is 5.11 Å². The molecule has 4 nitrogen and oxygen atoms in total. The highest BCUT2D eigenvalue weighted by molar-refractivity contribution is 5.32. The number of nitriles is 1. The molecule has 108 valence electrons. The van der Waals surface area contributed by atoms with Crippen molar-refractivity contribution in [2.45, 2.75) is 26.0 Å². The van der Waals surface area contributed by atoms with E-state index in [0.717, 1.165) is 31.7 Å². The highest BCUT2D eigenvalue weighted by Gasteiger charge is 2.24. The summed E-state index contributed by atoms with van der Waals surface area (Å²) in [4.78, 5) is 4.78. The number of benzene rings is 1. The lowest BCUT2D eigenvalue weighted by atomic mass is 10.1. The molecular weight excluding hydrogens is 250 g/mol. The molecule has 1 aromatic carbocycles. The van der Waals surface area contributed by atoms with E-state index in [2.05, 4.69) is 29.7 Å². The molecule has 0 amide bonds. The fourth-order valence-corrected chi connectivity index (χ4v) is 2.84. The zero-order valence-corrected chi connectivity index (χ0v) is 12.3. The van der Waals surface area contributed by atoms with E-state index < -0.39 is 6.10 Å². The molecule has 1 N–H and O–H groups in total. The summed E-state index contributed by atoms with van der Waals surface area (Å²) in [5, 5.41) is 19.1. The Balaban J connectivity index is 1.91.